The molecule has 0 aromatic carbocycles. The SMILES string of the molecule is C1CN(SCSN2CCOCC2)CCO1. The number of morpholine rings is 2. The third-order valence-corrected chi connectivity index (χ3v) is 4.71. The standard InChI is InChI=1S/C9H18N2O2S2/c1-5-12-6-2-10(1)14-9-15-11-3-7-13-8-4-11/h1-9H2. The topological polar surface area (TPSA) is 24.9 Å². The predicted molar refractivity (Wildman–Crippen MR) is 64.8 cm³/mol. The molecule has 0 spiro atoms. The molecule has 0 aromatic heterocycles. The predicted octanol–water partition coefficient (Wildman–Crippen LogP) is 0.905. The second-order valence-electron chi connectivity index (χ2n) is 3.46. The Bertz CT molecular complexity index is 155. The first kappa shape index (κ1) is 12.0. The lowest BCUT2D eigenvalue weighted by molar-refractivity contribution is 0.0768. The Morgan fingerprint density at radius 2 is 1.13 bits per heavy atom. The van der Waals surface area contributed by atoms with Gasteiger partial charge in [-0.25, -0.2) is 8.61 Å². The van der Waals surface area contributed by atoms with Crippen LogP contribution in [0.2, 0.25) is 0 Å². The van der Waals surface area contributed by atoms with Crippen molar-refractivity contribution in [2.75, 3.05) is 57.7 Å². The normalized spacial score (nSPS) is 25.6. The van der Waals surface area contributed by atoms with Crippen LogP contribution in [0.25, 0.3) is 0 Å². The molecule has 0 atom stereocenters. The van der Waals surface area contributed by atoms with Crippen molar-refractivity contribution < 1.29 is 9.47 Å². The van der Waals surface area contributed by atoms with E-state index in [1.165, 1.54) is 0 Å². The summed E-state index contributed by atoms with van der Waals surface area (Å²) in [5.74, 6) is 0. The molecule has 0 bridgehead atoms. The van der Waals surface area contributed by atoms with Crippen LogP contribution in [0.15, 0.2) is 0 Å². The van der Waals surface area contributed by atoms with Gasteiger partial charge in [-0.05, 0) is 0 Å². The smallest absolute Gasteiger partial charge is 0.0687 e. The Morgan fingerprint density at radius 3 is 1.53 bits per heavy atom. The van der Waals surface area contributed by atoms with Gasteiger partial charge in [0.25, 0.3) is 0 Å². The van der Waals surface area contributed by atoms with Crippen LogP contribution in [0, 0.1) is 0 Å². The van der Waals surface area contributed by atoms with E-state index in [-0.39, 0.29) is 0 Å². The van der Waals surface area contributed by atoms with Gasteiger partial charge >= 0.3 is 0 Å². The fraction of sp³-hybridized carbons (Fsp3) is 1.00. The minimum absolute atomic E-state index is 0.884. The van der Waals surface area contributed by atoms with Crippen molar-refractivity contribution in [1.29, 1.82) is 0 Å². The van der Waals surface area contributed by atoms with Crippen LogP contribution in [0.5, 0.6) is 0 Å². The fourth-order valence-electron chi connectivity index (χ4n) is 1.52. The molecule has 2 aliphatic rings. The zero-order chi connectivity index (χ0) is 10.3. The molecule has 0 amide bonds. The van der Waals surface area contributed by atoms with Crippen molar-refractivity contribution in [2.24, 2.45) is 0 Å². The number of hydrogen-bond acceptors (Lipinski definition) is 6. The molecular formula is C9H18N2O2S2. The molecule has 2 heterocycles. The summed E-state index contributed by atoms with van der Waals surface area (Å²) < 4.78 is 15.4. The number of rotatable bonds is 4. The molecule has 0 unspecified atom stereocenters. The molecule has 0 aliphatic carbocycles. The zero-order valence-electron chi connectivity index (χ0n) is 8.89. The number of nitrogens with zero attached hydrogens (tertiary/aromatic N) is 2. The molecule has 6 heteroatoms. The van der Waals surface area contributed by atoms with Crippen LogP contribution in [-0.4, -0.2) is 66.3 Å². The lowest BCUT2D eigenvalue weighted by Crippen LogP contribution is -2.33. The summed E-state index contributed by atoms with van der Waals surface area (Å²) in [6, 6.07) is 0. The molecule has 4 nitrogen and oxygen atoms in total. The number of ether oxygens (including phenoxy) is 2. The Morgan fingerprint density at radius 1 is 0.733 bits per heavy atom. The summed E-state index contributed by atoms with van der Waals surface area (Å²) >= 11 is 3.85. The minimum atomic E-state index is 0.884. The van der Waals surface area contributed by atoms with Gasteiger partial charge in [-0.15, -0.1) is 0 Å². The van der Waals surface area contributed by atoms with Gasteiger partial charge in [0, 0.05) is 26.2 Å². The molecule has 15 heavy (non-hydrogen) atoms. The summed E-state index contributed by atoms with van der Waals surface area (Å²) in [6.07, 6.45) is 0. The molecule has 0 radical (unpaired) electrons. The first-order valence-electron chi connectivity index (χ1n) is 5.36. The molecular weight excluding hydrogens is 232 g/mol. The molecule has 88 valence electrons. The third-order valence-electron chi connectivity index (χ3n) is 2.41. The summed E-state index contributed by atoms with van der Waals surface area (Å²) in [5.41, 5.74) is 0. The van der Waals surface area contributed by atoms with E-state index in [0.29, 0.717) is 0 Å². The Hall–Kier alpha value is 0.540. The van der Waals surface area contributed by atoms with Gasteiger partial charge in [0.15, 0.2) is 0 Å². The van der Waals surface area contributed by atoms with Gasteiger partial charge < -0.3 is 9.47 Å². The van der Waals surface area contributed by atoms with Crippen LogP contribution >= 0.6 is 23.9 Å². The summed E-state index contributed by atoms with van der Waals surface area (Å²) in [7, 11) is 0. The molecule has 2 fully saturated rings. The quantitative estimate of drug-likeness (QED) is 0.543. The average molecular weight is 250 g/mol. The second-order valence-corrected chi connectivity index (χ2v) is 5.95. The zero-order valence-corrected chi connectivity index (χ0v) is 10.5. The van der Waals surface area contributed by atoms with Gasteiger partial charge in [0.2, 0.25) is 0 Å². The maximum Gasteiger partial charge on any atom is 0.0687 e. The van der Waals surface area contributed by atoms with E-state index in [2.05, 4.69) is 8.61 Å². The van der Waals surface area contributed by atoms with Crippen molar-refractivity contribution in [3.63, 3.8) is 0 Å². The van der Waals surface area contributed by atoms with Crippen LogP contribution in [0.3, 0.4) is 0 Å². The van der Waals surface area contributed by atoms with Crippen LogP contribution < -0.4 is 0 Å². The first-order valence-corrected chi connectivity index (χ1v) is 7.25. The van der Waals surface area contributed by atoms with Crippen molar-refractivity contribution in [3.8, 4) is 0 Å². The van der Waals surface area contributed by atoms with Crippen LogP contribution in [-0.2, 0) is 9.47 Å². The van der Waals surface area contributed by atoms with Crippen molar-refractivity contribution in [2.45, 2.75) is 0 Å². The first-order chi connectivity index (χ1) is 7.45. The van der Waals surface area contributed by atoms with E-state index < -0.39 is 0 Å². The van der Waals surface area contributed by atoms with Gasteiger partial charge in [-0.2, -0.15) is 0 Å². The maximum absolute atomic E-state index is 5.31. The fourth-order valence-corrected chi connectivity index (χ4v) is 3.72. The van der Waals surface area contributed by atoms with Crippen molar-refractivity contribution in [3.05, 3.63) is 0 Å². The minimum Gasteiger partial charge on any atom is -0.379 e. The molecule has 0 N–H and O–H groups in total. The Balaban J connectivity index is 1.53. The summed E-state index contributed by atoms with van der Waals surface area (Å²) in [4.78, 5) is 0. The summed E-state index contributed by atoms with van der Waals surface area (Å²) in [5, 5.41) is 1.11. The Kier molecular flexibility index (Phi) is 5.59. The van der Waals surface area contributed by atoms with E-state index >= 15 is 0 Å². The molecule has 2 aliphatic heterocycles. The molecule has 2 saturated heterocycles. The summed E-state index contributed by atoms with van der Waals surface area (Å²) in [6.45, 7) is 7.79. The molecule has 2 rings (SSSR count). The highest BCUT2D eigenvalue weighted by atomic mass is 32.2. The van der Waals surface area contributed by atoms with Crippen molar-refractivity contribution >= 4 is 23.9 Å². The van der Waals surface area contributed by atoms with Crippen LogP contribution in [0.1, 0.15) is 0 Å². The monoisotopic (exact) mass is 250 g/mol. The maximum atomic E-state index is 5.31. The van der Waals surface area contributed by atoms with E-state index in [9.17, 15) is 0 Å². The largest absolute Gasteiger partial charge is 0.379 e. The highest BCUT2D eigenvalue weighted by Crippen LogP contribution is 2.21. The van der Waals surface area contributed by atoms with E-state index in [1.54, 1.807) is 0 Å². The highest BCUT2D eigenvalue weighted by molar-refractivity contribution is 8.13. The van der Waals surface area contributed by atoms with Gasteiger partial charge in [0.1, 0.15) is 0 Å². The second kappa shape index (κ2) is 6.98. The van der Waals surface area contributed by atoms with Crippen molar-refractivity contribution in [1.82, 2.24) is 8.61 Å². The lowest BCUT2D eigenvalue weighted by Gasteiger charge is -2.28. The average Bonchev–Trinajstić information content (AvgIpc) is 2.32. The van der Waals surface area contributed by atoms with Gasteiger partial charge in [0.05, 0.1) is 31.5 Å². The van der Waals surface area contributed by atoms with Gasteiger partial charge in [-0.3, -0.25) is 0 Å². The van der Waals surface area contributed by atoms with Crippen LogP contribution in [0.4, 0.5) is 0 Å². The number of hydrogen-bond donors (Lipinski definition) is 0. The highest BCUT2D eigenvalue weighted by Gasteiger charge is 2.13. The van der Waals surface area contributed by atoms with Gasteiger partial charge in [-0.1, -0.05) is 23.9 Å². The third kappa shape index (κ3) is 4.50. The molecule has 0 saturated carbocycles. The van der Waals surface area contributed by atoms with E-state index in [1.807, 2.05) is 23.9 Å². The van der Waals surface area contributed by atoms with E-state index in [0.717, 1.165) is 57.7 Å². The lowest BCUT2D eigenvalue weighted by atomic mass is 10.5. The molecule has 0 aromatic rings. The van der Waals surface area contributed by atoms with E-state index in [4.69, 9.17) is 9.47 Å². The Labute approximate surface area is 99.9 Å².